The molecule has 0 spiro atoms. The van der Waals surface area contributed by atoms with Crippen LogP contribution in [0.3, 0.4) is 0 Å². The number of ether oxygens (including phenoxy) is 1. The van der Waals surface area contributed by atoms with Crippen molar-refractivity contribution < 1.29 is 24.9 Å². The van der Waals surface area contributed by atoms with Crippen LogP contribution in [-0.4, -0.2) is 34.0 Å². The first-order valence-electron chi connectivity index (χ1n) is 7.42. The van der Waals surface area contributed by atoms with Gasteiger partial charge in [-0.1, -0.05) is 36.4 Å². The second-order valence-corrected chi connectivity index (χ2v) is 5.19. The summed E-state index contributed by atoms with van der Waals surface area (Å²) in [6, 6.07) is 13.8. The number of aliphatic hydroxyl groups excluding tert-OH is 2. The lowest BCUT2D eigenvalue weighted by molar-refractivity contribution is -0.147. The number of carbonyl (C=O) groups excluding carboxylic acids is 1. The summed E-state index contributed by atoms with van der Waals surface area (Å²) in [4.78, 5) is 11.3. The van der Waals surface area contributed by atoms with Crippen molar-refractivity contribution in [3.05, 3.63) is 54.1 Å². The van der Waals surface area contributed by atoms with Gasteiger partial charge in [0.25, 0.3) is 0 Å². The molecule has 0 aliphatic heterocycles. The van der Waals surface area contributed by atoms with E-state index in [1.54, 1.807) is 43.3 Å². The summed E-state index contributed by atoms with van der Waals surface area (Å²) in [6.07, 6.45) is -2.63. The van der Waals surface area contributed by atoms with Crippen molar-refractivity contribution >= 4 is 5.97 Å². The van der Waals surface area contributed by atoms with Crippen LogP contribution in [0.2, 0.25) is 0 Å². The van der Waals surface area contributed by atoms with Crippen molar-refractivity contribution in [1.82, 2.24) is 0 Å². The van der Waals surface area contributed by atoms with Crippen molar-refractivity contribution in [2.75, 3.05) is 6.61 Å². The maximum atomic E-state index is 11.3. The number of rotatable bonds is 6. The number of phenolic OH excluding ortho intramolecular Hbond substituents is 1. The molecule has 2 aromatic carbocycles. The van der Waals surface area contributed by atoms with E-state index >= 15 is 0 Å². The van der Waals surface area contributed by atoms with Crippen molar-refractivity contribution in [2.24, 2.45) is 0 Å². The predicted molar refractivity (Wildman–Crippen MR) is 85.8 cm³/mol. The largest absolute Gasteiger partial charge is 0.508 e. The van der Waals surface area contributed by atoms with Gasteiger partial charge in [0.05, 0.1) is 19.1 Å². The van der Waals surface area contributed by atoms with Crippen LogP contribution in [0.1, 0.15) is 25.0 Å². The van der Waals surface area contributed by atoms with Gasteiger partial charge in [0.1, 0.15) is 11.9 Å². The van der Waals surface area contributed by atoms with Crippen LogP contribution in [0.25, 0.3) is 11.1 Å². The predicted octanol–water partition coefficient (Wildman–Crippen LogP) is 2.41. The Morgan fingerprint density at radius 1 is 1.00 bits per heavy atom. The van der Waals surface area contributed by atoms with Crippen LogP contribution in [0.4, 0.5) is 0 Å². The Balaban J connectivity index is 2.06. The molecule has 0 saturated carbocycles. The molecular weight excluding hydrogens is 296 g/mol. The Kier molecular flexibility index (Phi) is 5.73. The third-order valence-electron chi connectivity index (χ3n) is 3.50. The molecule has 0 heterocycles. The molecule has 0 aliphatic carbocycles. The van der Waals surface area contributed by atoms with Gasteiger partial charge in [-0.25, -0.2) is 0 Å². The first-order valence-corrected chi connectivity index (χ1v) is 7.42. The molecule has 2 unspecified atom stereocenters. The normalized spacial score (nSPS) is 13.3. The van der Waals surface area contributed by atoms with Gasteiger partial charge in [-0.2, -0.15) is 0 Å². The van der Waals surface area contributed by atoms with E-state index in [9.17, 15) is 20.1 Å². The fourth-order valence-corrected chi connectivity index (χ4v) is 2.25. The summed E-state index contributed by atoms with van der Waals surface area (Å²) >= 11 is 0. The van der Waals surface area contributed by atoms with Gasteiger partial charge in [0, 0.05) is 0 Å². The molecule has 0 amide bonds. The summed E-state index contributed by atoms with van der Waals surface area (Å²) in [5.74, 6) is -0.345. The fraction of sp³-hybridized carbons (Fsp3) is 0.278. The Hall–Kier alpha value is -2.37. The molecule has 2 aromatic rings. The number of hydrogen-bond donors (Lipinski definition) is 3. The number of phenols is 1. The topological polar surface area (TPSA) is 87.0 Å². The lowest BCUT2D eigenvalue weighted by atomic mass is 9.98. The van der Waals surface area contributed by atoms with E-state index < -0.39 is 18.2 Å². The number of benzene rings is 2. The molecule has 122 valence electrons. The van der Waals surface area contributed by atoms with E-state index in [1.807, 2.05) is 12.1 Å². The lowest BCUT2D eigenvalue weighted by Gasteiger charge is -2.17. The number of aliphatic hydroxyl groups is 2. The zero-order valence-corrected chi connectivity index (χ0v) is 12.8. The maximum Gasteiger partial charge on any atom is 0.308 e. The third kappa shape index (κ3) is 4.55. The molecule has 5 heteroatoms. The van der Waals surface area contributed by atoms with Crippen LogP contribution in [-0.2, 0) is 9.53 Å². The van der Waals surface area contributed by atoms with E-state index in [0.717, 1.165) is 11.1 Å². The van der Waals surface area contributed by atoms with Gasteiger partial charge >= 0.3 is 5.97 Å². The van der Waals surface area contributed by atoms with Crippen LogP contribution in [0.15, 0.2) is 48.5 Å². The second kappa shape index (κ2) is 7.76. The molecule has 3 N–H and O–H groups in total. The van der Waals surface area contributed by atoms with E-state index in [-0.39, 0.29) is 18.8 Å². The van der Waals surface area contributed by atoms with Crippen LogP contribution in [0, 0.1) is 0 Å². The van der Waals surface area contributed by atoms with Crippen molar-refractivity contribution in [2.45, 2.75) is 25.6 Å². The van der Waals surface area contributed by atoms with Gasteiger partial charge in [-0.15, -0.1) is 0 Å². The SMILES string of the molecule is CCOC(=O)CC(O)C(O)c1ccc(-c2ccc(O)cc2)cc1. The van der Waals surface area contributed by atoms with E-state index in [4.69, 9.17) is 4.74 Å². The van der Waals surface area contributed by atoms with Gasteiger partial charge in [0.15, 0.2) is 0 Å². The smallest absolute Gasteiger partial charge is 0.308 e. The highest BCUT2D eigenvalue weighted by Crippen LogP contribution is 2.25. The number of carbonyl (C=O) groups is 1. The van der Waals surface area contributed by atoms with Crippen molar-refractivity contribution in [3.8, 4) is 16.9 Å². The first-order chi connectivity index (χ1) is 11.0. The minimum Gasteiger partial charge on any atom is -0.508 e. The highest BCUT2D eigenvalue weighted by molar-refractivity contribution is 5.70. The molecule has 0 aromatic heterocycles. The molecule has 0 bridgehead atoms. The van der Waals surface area contributed by atoms with Gasteiger partial charge in [0.2, 0.25) is 0 Å². The lowest BCUT2D eigenvalue weighted by Crippen LogP contribution is -2.23. The third-order valence-corrected chi connectivity index (χ3v) is 3.50. The van der Waals surface area contributed by atoms with Gasteiger partial charge in [-0.05, 0) is 35.7 Å². The minimum atomic E-state index is -1.21. The molecule has 0 radical (unpaired) electrons. The Labute approximate surface area is 134 Å². The standard InChI is InChI=1S/C18H20O5/c1-2-23-17(21)11-16(20)18(22)14-5-3-12(4-6-14)13-7-9-15(19)10-8-13/h3-10,16,18-20,22H,2,11H2,1H3. The fourth-order valence-electron chi connectivity index (χ4n) is 2.25. The molecule has 0 aliphatic rings. The average Bonchev–Trinajstić information content (AvgIpc) is 2.55. The van der Waals surface area contributed by atoms with Gasteiger partial charge in [-0.3, -0.25) is 4.79 Å². The summed E-state index contributed by atoms with van der Waals surface area (Å²) in [5.41, 5.74) is 2.36. The van der Waals surface area contributed by atoms with Crippen molar-refractivity contribution in [3.63, 3.8) is 0 Å². The minimum absolute atomic E-state index is 0.197. The summed E-state index contributed by atoms with van der Waals surface area (Å²) in [6.45, 7) is 1.92. The summed E-state index contributed by atoms with van der Waals surface area (Å²) < 4.78 is 4.75. The zero-order valence-electron chi connectivity index (χ0n) is 12.8. The number of hydrogen-bond acceptors (Lipinski definition) is 5. The molecule has 23 heavy (non-hydrogen) atoms. The first kappa shape index (κ1) is 17.0. The molecule has 0 fully saturated rings. The average molecular weight is 316 g/mol. The second-order valence-electron chi connectivity index (χ2n) is 5.19. The van der Waals surface area contributed by atoms with Crippen molar-refractivity contribution in [1.29, 1.82) is 0 Å². The van der Waals surface area contributed by atoms with E-state index in [1.165, 1.54) is 0 Å². The molecule has 5 nitrogen and oxygen atoms in total. The Morgan fingerprint density at radius 3 is 2.04 bits per heavy atom. The molecule has 0 saturated heterocycles. The van der Waals surface area contributed by atoms with E-state index in [0.29, 0.717) is 5.56 Å². The molecule has 2 rings (SSSR count). The zero-order chi connectivity index (χ0) is 16.8. The highest BCUT2D eigenvalue weighted by atomic mass is 16.5. The van der Waals surface area contributed by atoms with Crippen LogP contribution in [0.5, 0.6) is 5.75 Å². The van der Waals surface area contributed by atoms with Crippen LogP contribution < -0.4 is 0 Å². The Bertz CT molecular complexity index is 633. The number of aromatic hydroxyl groups is 1. The molecular formula is C18H20O5. The maximum absolute atomic E-state index is 11.3. The monoisotopic (exact) mass is 316 g/mol. The summed E-state index contributed by atoms with van der Waals surface area (Å²) in [5, 5.41) is 29.3. The van der Waals surface area contributed by atoms with E-state index in [2.05, 4.69) is 0 Å². The molecule has 2 atom stereocenters. The number of esters is 1. The van der Waals surface area contributed by atoms with Crippen LogP contribution >= 0.6 is 0 Å². The summed E-state index contributed by atoms with van der Waals surface area (Å²) in [7, 11) is 0. The Morgan fingerprint density at radius 2 is 1.52 bits per heavy atom. The van der Waals surface area contributed by atoms with Gasteiger partial charge < -0.3 is 20.1 Å². The highest BCUT2D eigenvalue weighted by Gasteiger charge is 2.22. The quantitative estimate of drug-likeness (QED) is 0.712.